The Labute approximate surface area is 153 Å². The zero-order chi connectivity index (χ0) is 18.7. The third-order valence-electron chi connectivity index (χ3n) is 4.65. The molecule has 0 unspecified atom stereocenters. The number of rotatable bonds is 5. The number of carbonyl (C=O) groups is 1. The Bertz CT molecular complexity index is 891. The zero-order valence-corrected chi connectivity index (χ0v) is 15.8. The number of carbonyl (C=O) groups excluding carboxylic acids is 1. The van der Waals surface area contributed by atoms with Gasteiger partial charge in [0.25, 0.3) is 0 Å². The lowest BCUT2D eigenvalue weighted by molar-refractivity contribution is -0.132. The highest BCUT2D eigenvalue weighted by Gasteiger charge is 2.35. The molecule has 2 aromatic rings. The summed E-state index contributed by atoms with van der Waals surface area (Å²) < 4.78 is 31.4. The van der Waals surface area contributed by atoms with Gasteiger partial charge in [0.2, 0.25) is 5.91 Å². The summed E-state index contributed by atoms with van der Waals surface area (Å²) >= 11 is 0. The number of hydrogen-bond acceptors (Lipinski definition) is 5. The highest BCUT2D eigenvalue weighted by Crippen LogP contribution is 2.28. The van der Waals surface area contributed by atoms with Crippen LogP contribution in [0.1, 0.15) is 24.1 Å². The van der Waals surface area contributed by atoms with E-state index in [-0.39, 0.29) is 30.4 Å². The van der Waals surface area contributed by atoms with Crippen LogP contribution in [-0.4, -0.2) is 54.2 Å². The number of para-hydroxylation sites is 1. The van der Waals surface area contributed by atoms with Crippen molar-refractivity contribution in [3.63, 3.8) is 0 Å². The Morgan fingerprint density at radius 3 is 2.81 bits per heavy atom. The van der Waals surface area contributed by atoms with Crippen LogP contribution < -0.4 is 4.74 Å². The van der Waals surface area contributed by atoms with Gasteiger partial charge >= 0.3 is 0 Å². The molecule has 1 fully saturated rings. The predicted octanol–water partition coefficient (Wildman–Crippen LogP) is 1.45. The van der Waals surface area contributed by atoms with Gasteiger partial charge in [-0.25, -0.2) is 8.42 Å². The van der Waals surface area contributed by atoms with Crippen molar-refractivity contribution >= 4 is 15.7 Å². The van der Waals surface area contributed by atoms with Crippen LogP contribution in [0, 0.1) is 0 Å². The zero-order valence-electron chi connectivity index (χ0n) is 15.0. The summed E-state index contributed by atoms with van der Waals surface area (Å²) in [6.07, 6.45) is 3.63. The summed E-state index contributed by atoms with van der Waals surface area (Å²) in [4.78, 5) is 14.6. The largest absolute Gasteiger partial charge is 0.496 e. The maximum Gasteiger partial charge on any atom is 0.227 e. The van der Waals surface area contributed by atoms with Gasteiger partial charge in [-0.15, -0.1) is 0 Å². The molecule has 7 nitrogen and oxygen atoms in total. The normalized spacial score (nSPS) is 19.3. The van der Waals surface area contributed by atoms with Crippen LogP contribution in [0.25, 0.3) is 0 Å². The maximum absolute atomic E-state index is 13.0. The minimum absolute atomic E-state index is 0.0108. The molecule has 0 radical (unpaired) electrons. The van der Waals surface area contributed by atoms with E-state index in [2.05, 4.69) is 5.10 Å². The van der Waals surface area contributed by atoms with Crippen molar-refractivity contribution in [2.75, 3.05) is 25.2 Å². The number of benzene rings is 1. The van der Waals surface area contributed by atoms with Gasteiger partial charge < -0.3 is 9.64 Å². The first-order valence-corrected chi connectivity index (χ1v) is 10.4. The Kier molecular flexibility index (Phi) is 5.31. The molecule has 1 aliphatic heterocycles. The monoisotopic (exact) mass is 377 g/mol. The van der Waals surface area contributed by atoms with Crippen molar-refractivity contribution in [1.82, 2.24) is 14.7 Å². The number of amides is 1. The summed E-state index contributed by atoms with van der Waals surface area (Å²) in [5.41, 5.74) is 1.54. The van der Waals surface area contributed by atoms with E-state index < -0.39 is 15.9 Å². The standard InChI is InChI=1S/C18H23N3O4S/c1-3-20-12-15(11-19-20)16-13-26(23,24)9-8-21(16)18(22)10-14-6-4-5-7-17(14)25-2/h4-7,11-12,16H,3,8-10,13H2,1-2H3/t16-/m1/s1. The Morgan fingerprint density at radius 1 is 1.35 bits per heavy atom. The SMILES string of the molecule is CCn1cc([C@H]2CS(=O)(=O)CCN2C(=O)Cc2ccccc2OC)cn1. The van der Waals surface area contributed by atoms with Gasteiger partial charge in [0.15, 0.2) is 9.84 Å². The first kappa shape index (κ1) is 18.4. The number of sulfone groups is 1. The van der Waals surface area contributed by atoms with Crippen LogP contribution in [-0.2, 0) is 27.6 Å². The van der Waals surface area contributed by atoms with Gasteiger partial charge in [0, 0.05) is 30.4 Å². The number of ether oxygens (including phenoxy) is 1. The summed E-state index contributed by atoms with van der Waals surface area (Å²) in [7, 11) is -1.62. The quantitative estimate of drug-likeness (QED) is 0.788. The number of methoxy groups -OCH3 is 1. The fraction of sp³-hybridized carbons (Fsp3) is 0.444. The van der Waals surface area contributed by atoms with Gasteiger partial charge in [0.05, 0.1) is 37.3 Å². The third kappa shape index (κ3) is 3.90. The lowest BCUT2D eigenvalue weighted by atomic mass is 10.1. The minimum atomic E-state index is -3.19. The second-order valence-electron chi connectivity index (χ2n) is 6.34. The predicted molar refractivity (Wildman–Crippen MR) is 97.7 cm³/mol. The van der Waals surface area contributed by atoms with E-state index in [4.69, 9.17) is 4.74 Å². The molecule has 8 heteroatoms. The van der Waals surface area contributed by atoms with Crippen molar-refractivity contribution in [2.45, 2.75) is 25.9 Å². The van der Waals surface area contributed by atoms with Crippen LogP contribution in [0.4, 0.5) is 0 Å². The first-order chi connectivity index (χ1) is 12.4. The summed E-state index contributed by atoms with van der Waals surface area (Å²) in [6, 6.07) is 6.86. The summed E-state index contributed by atoms with van der Waals surface area (Å²) in [5, 5.41) is 4.23. The molecule has 1 amide bonds. The summed E-state index contributed by atoms with van der Waals surface area (Å²) in [6.45, 7) is 2.84. The molecule has 1 aromatic carbocycles. The molecule has 1 aromatic heterocycles. The van der Waals surface area contributed by atoms with Gasteiger partial charge in [-0.3, -0.25) is 9.48 Å². The molecule has 140 valence electrons. The van der Waals surface area contributed by atoms with Crippen molar-refractivity contribution < 1.29 is 17.9 Å². The van der Waals surface area contributed by atoms with Crippen LogP contribution in [0.5, 0.6) is 5.75 Å². The van der Waals surface area contributed by atoms with E-state index in [0.29, 0.717) is 12.3 Å². The van der Waals surface area contributed by atoms with Gasteiger partial charge in [-0.2, -0.15) is 5.10 Å². The number of aryl methyl sites for hydroxylation is 1. The molecular formula is C18H23N3O4S. The second-order valence-corrected chi connectivity index (χ2v) is 8.56. The number of hydrogen-bond donors (Lipinski definition) is 0. The molecule has 1 saturated heterocycles. The van der Waals surface area contributed by atoms with Gasteiger partial charge in [-0.1, -0.05) is 18.2 Å². The Morgan fingerprint density at radius 2 is 2.12 bits per heavy atom. The molecule has 1 aliphatic rings. The Balaban J connectivity index is 1.86. The molecule has 0 aliphatic carbocycles. The molecule has 0 bridgehead atoms. The van der Waals surface area contributed by atoms with Crippen molar-refractivity contribution in [3.05, 3.63) is 47.8 Å². The van der Waals surface area contributed by atoms with E-state index in [1.54, 1.807) is 22.9 Å². The van der Waals surface area contributed by atoms with Crippen molar-refractivity contribution in [3.8, 4) is 5.75 Å². The fourth-order valence-electron chi connectivity index (χ4n) is 3.22. The lowest BCUT2D eigenvalue weighted by Crippen LogP contribution is -2.46. The lowest BCUT2D eigenvalue weighted by Gasteiger charge is -2.35. The van der Waals surface area contributed by atoms with E-state index in [9.17, 15) is 13.2 Å². The smallest absolute Gasteiger partial charge is 0.227 e. The van der Waals surface area contributed by atoms with Crippen molar-refractivity contribution in [1.29, 1.82) is 0 Å². The van der Waals surface area contributed by atoms with E-state index in [1.807, 2.05) is 37.4 Å². The minimum Gasteiger partial charge on any atom is -0.496 e. The first-order valence-electron chi connectivity index (χ1n) is 8.57. The van der Waals surface area contributed by atoms with Crippen LogP contribution in [0.15, 0.2) is 36.7 Å². The Hall–Kier alpha value is -2.35. The number of nitrogens with zero attached hydrogens (tertiary/aromatic N) is 3. The van der Waals surface area contributed by atoms with Crippen LogP contribution >= 0.6 is 0 Å². The molecule has 26 heavy (non-hydrogen) atoms. The second kappa shape index (κ2) is 7.49. The van der Waals surface area contributed by atoms with E-state index in [0.717, 1.165) is 11.1 Å². The van der Waals surface area contributed by atoms with Gasteiger partial charge in [0.1, 0.15) is 5.75 Å². The average Bonchev–Trinajstić information content (AvgIpc) is 3.10. The maximum atomic E-state index is 13.0. The molecule has 2 heterocycles. The molecule has 0 spiro atoms. The van der Waals surface area contributed by atoms with Crippen LogP contribution in [0.2, 0.25) is 0 Å². The fourth-order valence-corrected chi connectivity index (χ4v) is 4.71. The highest BCUT2D eigenvalue weighted by atomic mass is 32.2. The molecule has 0 N–H and O–H groups in total. The molecule has 3 rings (SSSR count). The summed E-state index contributed by atoms with van der Waals surface area (Å²) in [5.74, 6) is 0.461. The van der Waals surface area contributed by atoms with Crippen LogP contribution in [0.3, 0.4) is 0 Å². The van der Waals surface area contributed by atoms with E-state index in [1.165, 1.54) is 0 Å². The number of aromatic nitrogens is 2. The van der Waals surface area contributed by atoms with Crippen molar-refractivity contribution in [2.24, 2.45) is 0 Å². The molecule has 0 saturated carbocycles. The average molecular weight is 377 g/mol. The molecule has 1 atom stereocenters. The molecular weight excluding hydrogens is 354 g/mol. The third-order valence-corrected chi connectivity index (χ3v) is 6.28. The topological polar surface area (TPSA) is 81.5 Å². The van der Waals surface area contributed by atoms with E-state index >= 15 is 0 Å². The van der Waals surface area contributed by atoms with Gasteiger partial charge in [-0.05, 0) is 13.0 Å². The highest BCUT2D eigenvalue weighted by molar-refractivity contribution is 7.91.